The van der Waals surface area contributed by atoms with Gasteiger partial charge in [0.1, 0.15) is 28.5 Å². The van der Waals surface area contributed by atoms with Crippen molar-refractivity contribution in [1.82, 2.24) is 20.2 Å². The summed E-state index contributed by atoms with van der Waals surface area (Å²) in [7, 11) is 0. The zero-order valence-corrected chi connectivity index (χ0v) is 13.7. The number of fused-ring (bicyclic) bond motifs is 1. The molecule has 0 bridgehead atoms. The fourth-order valence-electron chi connectivity index (χ4n) is 2.82. The Bertz CT molecular complexity index is 1130. The minimum atomic E-state index is -0.468. The van der Waals surface area contributed by atoms with Gasteiger partial charge < -0.3 is 5.73 Å². The van der Waals surface area contributed by atoms with E-state index in [-0.39, 0.29) is 17.3 Å². The highest BCUT2D eigenvalue weighted by Crippen LogP contribution is 2.32. The van der Waals surface area contributed by atoms with Crippen LogP contribution in [0.5, 0.6) is 0 Å². The predicted octanol–water partition coefficient (Wildman–Crippen LogP) is 3.92. The fourth-order valence-corrected chi connectivity index (χ4v) is 2.82. The summed E-state index contributed by atoms with van der Waals surface area (Å²) in [5, 5.41) is 8.57. The predicted molar refractivity (Wildman–Crippen MR) is 95.1 cm³/mol. The van der Waals surface area contributed by atoms with E-state index in [0.29, 0.717) is 27.9 Å². The van der Waals surface area contributed by atoms with Gasteiger partial charge in [-0.05, 0) is 55.0 Å². The first-order valence-electron chi connectivity index (χ1n) is 7.84. The Morgan fingerprint density at radius 2 is 1.65 bits per heavy atom. The molecule has 0 radical (unpaired) electrons. The Hall–Kier alpha value is -3.48. The molecule has 0 unspecified atom stereocenters. The summed E-state index contributed by atoms with van der Waals surface area (Å²) in [6, 6.07) is 10.7. The normalized spacial score (nSPS) is 11.0. The second-order valence-electron chi connectivity index (χ2n) is 5.86. The highest BCUT2D eigenvalue weighted by atomic mass is 19.1. The van der Waals surface area contributed by atoms with Crippen molar-refractivity contribution in [3.63, 3.8) is 0 Å². The second kappa shape index (κ2) is 6.11. The van der Waals surface area contributed by atoms with Crippen LogP contribution in [0.3, 0.4) is 0 Å². The maximum absolute atomic E-state index is 14.6. The van der Waals surface area contributed by atoms with Gasteiger partial charge in [0.2, 0.25) is 5.95 Å². The molecule has 2 aromatic heterocycles. The molecule has 4 aromatic rings. The molecule has 0 aliphatic heterocycles. The van der Waals surface area contributed by atoms with Gasteiger partial charge in [-0.1, -0.05) is 0 Å². The summed E-state index contributed by atoms with van der Waals surface area (Å²) < 4.78 is 27.8. The van der Waals surface area contributed by atoms with Gasteiger partial charge in [0, 0.05) is 22.7 Å². The third kappa shape index (κ3) is 2.73. The van der Waals surface area contributed by atoms with Crippen LogP contribution >= 0.6 is 0 Å². The minimum Gasteiger partial charge on any atom is -0.366 e. The average Bonchev–Trinajstić information content (AvgIpc) is 2.63. The van der Waals surface area contributed by atoms with E-state index in [9.17, 15) is 8.78 Å². The highest BCUT2D eigenvalue weighted by Gasteiger charge is 2.16. The molecule has 0 aliphatic rings. The number of hydrogen-bond donors (Lipinski definition) is 1. The summed E-state index contributed by atoms with van der Waals surface area (Å²) in [6.45, 7) is 1.88. The van der Waals surface area contributed by atoms with E-state index < -0.39 is 5.82 Å². The van der Waals surface area contributed by atoms with E-state index in [2.05, 4.69) is 20.2 Å². The lowest BCUT2D eigenvalue weighted by Crippen LogP contribution is -2.03. The number of nitrogens with two attached hydrogens (primary N) is 1. The quantitative estimate of drug-likeness (QED) is 0.593. The SMILES string of the molecule is Cc1ccnc2c(F)cc(-c3nnc(N)nc3-c3ccc(F)cc3)cc12. The Labute approximate surface area is 147 Å². The molecule has 4 rings (SSSR count). The van der Waals surface area contributed by atoms with Gasteiger partial charge in [-0.15, -0.1) is 10.2 Å². The van der Waals surface area contributed by atoms with Crippen molar-refractivity contribution in [2.45, 2.75) is 6.92 Å². The number of anilines is 1. The van der Waals surface area contributed by atoms with Crippen LogP contribution in [-0.2, 0) is 0 Å². The Balaban J connectivity index is 1.98. The Morgan fingerprint density at radius 1 is 0.885 bits per heavy atom. The summed E-state index contributed by atoms with van der Waals surface area (Å²) in [5.41, 5.74) is 8.70. The van der Waals surface area contributed by atoms with Crippen LogP contribution in [0.2, 0.25) is 0 Å². The molecule has 7 heteroatoms. The van der Waals surface area contributed by atoms with Crippen molar-refractivity contribution in [3.05, 3.63) is 65.9 Å². The zero-order chi connectivity index (χ0) is 18.3. The smallest absolute Gasteiger partial charge is 0.240 e. The lowest BCUT2D eigenvalue weighted by Gasteiger charge is -2.10. The van der Waals surface area contributed by atoms with Crippen LogP contribution in [0.1, 0.15) is 5.56 Å². The van der Waals surface area contributed by atoms with Crippen LogP contribution in [0.15, 0.2) is 48.7 Å². The molecule has 0 saturated carbocycles. The lowest BCUT2D eigenvalue weighted by molar-refractivity contribution is 0.628. The molecule has 26 heavy (non-hydrogen) atoms. The number of rotatable bonds is 2. The Morgan fingerprint density at radius 3 is 2.42 bits per heavy atom. The highest BCUT2D eigenvalue weighted by molar-refractivity contribution is 5.89. The third-order valence-electron chi connectivity index (χ3n) is 4.11. The number of aryl methyl sites for hydroxylation is 1. The summed E-state index contributed by atoms with van der Waals surface area (Å²) in [5.74, 6) is -0.860. The van der Waals surface area contributed by atoms with Gasteiger partial charge in [0.05, 0.1) is 0 Å². The Kier molecular flexibility index (Phi) is 3.76. The van der Waals surface area contributed by atoms with Crippen LogP contribution < -0.4 is 5.73 Å². The van der Waals surface area contributed by atoms with Gasteiger partial charge in [-0.2, -0.15) is 0 Å². The first-order chi connectivity index (χ1) is 12.5. The van der Waals surface area contributed by atoms with Crippen molar-refractivity contribution in [2.75, 3.05) is 5.73 Å². The molecule has 128 valence electrons. The van der Waals surface area contributed by atoms with E-state index in [4.69, 9.17) is 5.73 Å². The minimum absolute atomic E-state index is 0.0211. The van der Waals surface area contributed by atoms with Crippen LogP contribution in [0, 0.1) is 18.6 Å². The van der Waals surface area contributed by atoms with E-state index >= 15 is 0 Å². The van der Waals surface area contributed by atoms with Crippen molar-refractivity contribution in [1.29, 1.82) is 0 Å². The molecule has 2 aromatic carbocycles. The molecule has 0 saturated heterocycles. The number of halogens is 2. The number of nitrogen functional groups attached to an aromatic ring is 1. The van der Waals surface area contributed by atoms with Crippen molar-refractivity contribution in [2.24, 2.45) is 0 Å². The van der Waals surface area contributed by atoms with E-state index in [0.717, 1.165) is 5.56 Å². The number of hydrogen-bond acceptors (Lipinski definition) is 5. The molecule has 0 amide bonds. The second-order valence-corrected chi connectivity index (χ2v) is 5.86. The van der Waals surface area contributed by atoms with Crippen LogP contribution in [-0.4, -0.2) is 20.2 Å². The number of benzene rings is 2. The van der Waals surface area contributed by atoms with Gasteiger partial charge in [0.15, 0.2) is 0 Å². The summed E-state index contributed by atoms with van der Waals surface area (Å²) >= 11 is 0. The topological polar surface area (TPSA) is 77.6 Å². The van der Waals surface area contributed by atoms with Gasteiger partial charge in [-0.25, -0.2) is 13.8 Å². The van der Waals surface area contributed by atoms with Gasteiger partial charge in [-0.3, -0.25) is 4.98 Å². The molecule has 2 N–H and O–H groups in total. The maximum Gasteiger partial charge on any atom is 0.240 e. The number of nitrogens with zero attached hydrogens (tertiary/aromatic N) is 4. The van der Waals surface area contributed by atoms with E-state index in [1.165, 1.54) is 18.2 Å². The molecule has 2 heterocycles. The molecule has 0 spiro atoms. The summed E-state index contributed by atoms with van der Waals surface area (Å²) in [6.07, 6.45) is 1.56. The maximum atomic E-state index is 14.6. The molecule has 5 nitrogen and oxygen atoms in total. The monoisotopic (exact) mass is 349 g/mol. The molecular formula is C19H13F2N5. The average molecular weight is 349 g/mol. The molecular weight excluding hydrogens is 336 g/mol. The molecule has 0 aliphatic carbocycles. The van der Waals surface area contributed by atoms with E-state index in [1.807, 2.05) is 6.92 Å². The lowest BCUT2D eigenvalue weighted by atomic mass is 10.0. The van der Waals surface area contributed by atoms with Crippen LogP contribution in [0.25, 0.3) is 33.4 Å². The zero-order valence-electron chi connectivity index (χ0n) is 13.7. The van der Waals surface area contributed by atoms with Gasteiger partial charge in [0.25, 0.3) is 0 Å². The standard InChI is InChI=1S/C19H13F2N5/c1-10-6-7-23-18-14(10)8-12(9-15(18)21)17-16(24-19(22)26-25-17)11-2-4-13(20)5-3-11/h2-9H,1H3,(H2,22,24,26). The van der Waals surface area contributed by atoms with E-state index in [1.54, 1.807) is 30.5 Å². The number of pyridine rings is 1. The third-order valence-corrected chi connectivity index (χ3v) is 4.11. The molecule has 0 fully saturated rings. The van der Waals surface area contributed by atoms with Crippen molar-refractivity contribution < 1.29 is 8.78 Å². The largest absolute Gasteiger partial charge is 0.366 e. The van der Waals surface area contributed by atoms with Crippen molar-refractivity contribution in [3.8, 4) is 22.5 Å². The molecule has 0 atom stereocenters. The van der Waals surface area contributed by atoms with Gasteiger partial charge >= 0.3 is 0 Å². The first kappa shape index (κ1) is 16.0. The first-order valence-corrected chi connectivity index (χ1v) is 7.84. The van der Waals surface area contributed by atoms with Crippen LogP contribution in [0.4, 0.5) is 14.7 Å². The number of aromatic nitrogens is 4. The summed E-state index contributed by atoms with van der Waals surface area (Å²) in [4.78, 5) is 8.32. The van der Waals surface area contributed by atoms with Crippen molar-refractivity contribution >= 4 is 16.9 Å². The fraction of sp³-hybridized carbons (Fsp3) is 0.0526.